The number of hydrogen-bond acceptors (Lipinski definition) is 5. The van der Waals surface area contributed by atoms with Crippen LogP contribution in [0.1, 0.15) is 10.6 Å². The van der Waals surface area contributed by atoms with Crippen LogP contribution in [0.3, 0.4) is 0 Å². The number of aromatic nitrogens is 1. The van der Waals surface area contributed by atoms with E-state index in [2.05, 4.69) is 4.98 Å². The summed E-state index contributed by atoms with van der Waals surface area (Å²) in [6.45, 7) is 0. The smallest absolute Gasteiger partial charge is 0.293 e. The Labute approximate surface area is 195 Å². The maximum atomic E-state index is 13.1. The van der Waals surface area contributed by atoms with Gasteiger partial charge in [0.05, 0.1) is 10.6 Å². The SMILES string of the molecule is CN(c1ccccc1)c1ccc(/C=C/c2nc(-c3ccc(F)cc3)cs2)cc1[N+](=O)[O-].Cl. The van der Waals surface area contributed by atoms with Crippen molar-refractivity contribution < 1.29 is 9.31 Å². The molecule has 0 saturated heterocycles. The van der Waals surface area contributed by atoms with Crippen LogP contribution < -0.4 is 4.90 Å². The number of nitro groups is 1. The molecule has 0 amide bonds. The molecule has 0 saturated carbocycles. The van der Waals surface area contributed by atoms with E-state index in [1.807, 2.05) is 47.9 Å². The predicted molar refractivity (Wildman–Crippen MR) is 131 cm³/mol. The van der Waals surface area contributed by atoms with E-state index in [9.17, 15) is 14.5 Å². The first-order chi connectivity index (χ1) is 15.0. The van der Waals surface area contributed by atoms with Gasteiger partial charge in [-0.15, -0.1) is 23.7 Å². The van der Waals surface area contributed by atoms with Gasteiger partial charge in [0.2, 0.25) is 0 Å². The Kier molecular flexibility index (Phi) is 7.35. The summed E-state index contributed by atoms with van der Waals surface area (Å²) >= 11 is 1.45. The molecule has 0 unspecified atom stereocenters. The maximum Gasteiger partial charge on any atom is 0.293 e. The van der Waals surface area contributed by atoms with Crippen LogP contribution in [0.5, 0.6) is 0 Å². The van der Waals surface area contributed by atoms with E-state index in [1.165, 1.54) is 23.5 Å². The number of halogens is 2. The molecule has 0 aliphatic rings. The first kappa shape index (κ1) is 23.1. The van der Waals surface area contributed by atoms with Gasteiger partial charge in [-0.1, -0.05) is 30.3 Å². The lowest BCUT2D eigenvalue weighted by Crippen LogP contribution is -2.11. The fourth-order valence-corrected chi connectivity index (χ4v) is 3.87. The first-order valence-electron chi connectivity index (χ1n) is 9.48. The molecular weight excluding hydrogens is 449 g/mol. The molecule has 3 aromatic carbocycles. The average molecular weight is 468 g/mol. The van der Waals surface area contributed by atoms with Crippen molar-refractivity contribution in [3.05, 3.63) is 105 Å². The molecule has 32 heavy (non-hydrogen) atoms. The second kappa shape index (κ2) is 10.2. The Hall–Kier alpha value is -3.55. The van der Waals surface area contributed by atoms with Gasteiger partial charge in [0, 0.05) is 29.7 Å². The lowest BCUT2D eigenvalue weighted by molar-refractivity contribution is -0.384. The summed E-state index contributed by atoms with van der Waals surface area (Å²) in [6.07, 6.45) is 3.61. The molecule has 4 rings (SSSR count). The fraction of sp³-hybridized carbons (Fsp3) is 0.0417. The summed E-state index contributed by atoms with van der Waals surface area (Å²) in [5.74, 6) is -0.290. The highest BCUT2D eigenvalue weighted by Gasteiger charge is 2.18. The zero-order valence-corrected chi connectivity index (χ0v) is 18.6. The Morgan fingerprint density at radius 2 is 1.75 bits per heavy atom. The zero-order chi connectivity index (χ0) is 21.8. The third kappa shape index (κ3) is 5.19. The highest BCUT2D eigenvalue weighted by molar-refractivity contribution is 7.10. The molecule has 0 aliphatic carbocycles. The molecule has 0 atom stereocenters. The van der Waals surface area contributed by atoms with Crippen LogP contribution in [0.25, 0.3) is 23.4 Å². The van der Waals surface area contributed by atoms with Gasteiger partial charge in [-0.05, 0) is 54.1 Å². The number of nitrogens with zero attached hydrogens (tertiary/aromatic N) is 3. The monoisotopic (exact) mass is 467 g/mol. The van der Waals surface area contributed by atoms with Crippen LogP contribution in [0.2, 0.25) is 0 Å². The molecule has 0 fully saturated rings. The number of rotatable bonds is 6. The highest BCUT2D eigenvalue weighted by atomic mass is 35.5. The molecule has 5 nitrogen and oxygen atoms in total. The molecule has 0 N–H and O–H groups in total. The molecule has 4 aromatic rings. The molecule has 0 aliphatic heterocycles. The molecule has 1 aromatic heterocycles. The Morgan fingerprint density at radius 1 is 1.03 bits per heavy atom. The first-order valence-corrected chi connectivity index (χ1v) is 10.4. The highest BCUT2D eigenvalue weighted by Crippen LogP contribution is 2.33. The zero-order valence-electron chi connectivity index (χ0n) is 17.0. The minimum absolute atomic E-state index is 0. The minimum Gasteiger partial charge on any atom is -0.339 e. The number of anilines is 2. The van der Waals surface area contributed by atoms with E-state index in [-0.39, 0.29) is 28.8 Å². The lowest BCUT2D eigenvalue weighted by Gasteiger charge is -2.19. The van der Waals surface area contributed by atoms with Gasteiger partial charge in [-0.3, -0.25) is 10.1 Å². The van der Waals surface area contributed by atoms with Crippen LogP contribution in [0.15, 0.2) is 78.2 Å². The number of para-hydroxylation sites is 1. The predicted octanol–water partition coefficient (Wildman–Crippen LogP) is 7.22. The van der Waals surface area contributed by atoms with E-state index < -0.39 is 0 Å². The van der Waals surface area contributed by atoms with Crippen molar-refractivity contribution in [2.45, 2.75) is 0 Å². The van der Waals surface area contributed by atoms with Crippen LogP contribution in [-0.4, -0.2) is 17.0 Å². The van der Waals surface area contributed by atoms with Crippen molar-refractivity contribution in [1.82, 2.24) is 4.98 Å². The van der Waals surface area contributed by atoms with E-state index in [0.717, 1.165) is 22.0 Å². The van der Waals surface area contributed by atoms with Crippen molar-refractivity contribution in [2.24, 2.45) is 0 Å². The molecule has 0 radical (unpaired) electrons. The number of benzene rings is 3. The number of thiazole rings is 1. The third-order valence-electron chi connectivity index (χ3n) is 4.78. The summed E-state index contributed by atoms with van der Waals surface area (Å²) in [7, 11) is 1.81. The quantitative estimate of drug-likeness (QED) is 0.222. The van der Waals surface area contributed by atoms with Gasteiger partial charge in [-0.25, -0.2) is 9.37 Å². The van der Waals surface area contributed by atoms with Crippen molar-refractivity contribution in [2.75, 3.05) is 11.9 Å². The standard InChI is InChI=1S/C24H18FN3O2S.ClH/c1-27(20-5-3-2-4-6-20)22-13-7-17(15-23(22)28(29)30)8-14-24-26-21(16-31-24)18-9-11-19(25)12-10-18;/h2-16H,1H3;1H/b14-8+;. The average Bonchev–Trinajstić information content (AvgIpc) is 3.27. The van der Waals surface area contributed by atoms with E-state index >= 15 is 0 Å². The van der Waals surface area contributed by atoms with Gasteiger partial charge in [0.1, 0.15) is 16.5 Å². The summed E-state index contributed by atoms with van der Waals surface area (Å²) in [5, 5.41) is 14.3. The van der Waals surface area contributed by atoms with Crippen LogP contribution in [-0.2, 0) is 0 Å². The van der Waals surface area contributed by atoms with Gasteiger partial charge < -0.3 is 4.90 Å². The topological polar surface area (TPSA) is 59.3 Å². The molecule has 8 heteroatoms. The molecule has 1 heterocycles. The van der Waals surface area contributed by atoms with Crippen molar-refractivity contribution >= 4 is 53.0 Å². The van der Waals surface area contributed by atoms with Gasteiger partial charge in [0.25, 0.3) is 5.69 Å². The van der Waals surface area contributed by atoms with Gasteiger partial charge in [-0.2, -0.15) is 0 Å². The Morgan fingerprint density at radius 3 is 2.44 bits per heavy atom. The summed E-state index contributed by atoms with van der Waals surface area (Å²) < 4.78 is 13.1. The van der Waals surface area contributed by atoms with Crippen LogP contribution in [0.4, 0.5) is 21.5 Å². The van der Waals surface area contributed by atoms with E-state index in [0.29, 0.717) is 11.3 Å². The van der Waals surface area contributed by atoms with E-state index in [1.54, 1.807) is 42.3 Å². The molecule has 0 bridgehead atoms. The third-order valence-corrected chi connectivity index (χ3v) is 5.59. The molecular formula is C24H19ClFN3O2S. The fourth-order valence-electron chi connectivity index (χ4n) is 3.15. The van der Waals surface area contributed by atoms with Crippen molar-refractivity contribution in [1.29, 1.82) is 0 Å². The van der Waals surface area contributed by atoms with Crippen molar-refractivity contribution in [3.63, 3.8) is 0 Å². The largest absolute Gasteiger partial charge is 0.339 e. The second-order valence-electron chi connectivity index (χ2n) is 6.81. The van der Waals surface area contributed by atoms with Crippen LogP contribution in [0, 0.1) is 15.9 Å². The number of nitro benzene ring substituents is 1. The normalized spacial score (nSPS) is 10.7. The number of hydrogen-bond donors (Lipinski definition) is 0. The Balaban J connectivity index is 0.00000289. The van der Waals surface area contributed by atoms with Crippen molar-refractivity contribution in [3.8, 4) is 11.3 Å². The van der Waals surface area contributed by atoms with E-state index in [4.69, 9.17) is 0 Å². The van der Waals surface area contributed by atoms with Gasteiger partial charge >= 0.3 is 0 Å². The summed E-state index contributed by atoms with van der Waals surface area (Å²) in [6, 6.07) is 20.8. The second-order valence-corrected chi connectivity index (χ2v) is 7.70. The minimum atomic E-state index is -0.373. The Bertz CT molecular complexity index is 1240. The molecule has 0 spiro atoms. The summed E-state index contributed by atoms with van der Waals surface area (Å²) in [5.41, 5.74) is 3.71. The lowest BCUT2D eigenvalue weighted by atomic mass is 10.1. The maximum absolute atomic E-state index is 13.1. The molecule has 162 valence electrons. The van der Waals surface area contributed by atoms with Gasteiger partial charge in [0.15, 0.2) is 0 Å². The van der Waals surface area contributed by atoms with Crippen LogP contribution >= 0.6 is 23.7 Å². The summed E-state index contributed by atoms with van der Waals surface area (Å²) in [4.78, 5) is 17.6.